The molecule has 0 fully saturated rings. The summed E-state index contributed by atoms with van der Waals surface area (Å²) in [7, 11) is 0. The molecule has 0 aliphatic rings. The average Bonchev–Trinajstić information content (AvgIpc) is 2.05. The molecule has 60 valence electrons. The van der Waals surface area contributed by atoms with Crippen LogP contribution in [0.15, 0.2) is 24.3 Å². The minimum absolute atomic E-state index is 0.688. The van der Waals surface area contributed by atoms with Gasteiger partial charge in [-0.15, -0.1) is 0 Å². The molecule has 1 rings (SSSR count). The van der Waals surface area contributed by atoms with Gasteiger partial charge in [0.25, 0.3) is 0 Å². The van der Waals surface area contributed by atoms with Crippen molar-refractivity contribution in [1.29, 1.82) is 0 Å². The summed E-state index contributed by atoms with van der Waals surface area (Å²) in [6, 6.07) is 8.76. The molecule has 0 N–H and O–H groups in total. The van der Waals surface area contributed by atoms with Crippen LogP contribution in [-0.4, -0.2) is 4.43 Å². The van der Waals surface area contributed by atoms with Crippen molar-refractivity contribution in [2.24, 2.45) is 0 Å². The quantitative estimate of drug-likeness (QED) is 0.547. The lowest BCUT2D eigenvalue weighted by Crippen LogP contribution is -1.93. The van der Waals surface area contributed by atoms with Crippen LogP contribution in [-0.2, 0) is 0 Å². The molecule has 0 aromatic heterocycles. The van der Waals surface area contributed by atoms with Gasteiger partial charge in [0, 0.05) is 8.00 Å². The Morgan fingerprint density at radius 1 is 1.27 bits per heavy atom. The molecule has 2 heteroatoms. The molecule has 0 saturated carbocycles. The lowest BCUT2D eigenvalue weighted by atomic mass is 10.0. The molecule has 0 radical (unpaired) electrons. The Morgan fingerprint density at radius 3 is 2.27 bits per heavy atom. The van der Waals surface area contributed by atoms with Crippen LogP contribution in [0.25, 0.3) is 0 Å². The van der Waals surface area contributed by atoms with Gasteiger partial charge >= 0.3 is 0 Å². The van der Waals surface area contributed by atoms with Crippen LogP contribution < -0.4 is 0 Å². The minimum atomic E-state index is 0.688. The summed E-state index contributed by atoms with van der Waals surface area (Å²) in [5, 5.41) is 0. The molecule has 11 heavy (non-hydrogen) atoms. The Hall–Kier alpha value is 0.680. The van der Waals surface area contributed by atoms with Crippen LogP contribution in [0.1, 0.15) is 18.4 Å². The second kappa shape index (κ2) is 4.64. The number of hydrogen-bond acceptors (Lipinski definition) is 0. The van der Waals surface area contributed by atoms with Gasteiger partial charge in [-0.05, 0) is 46.2 Å². The zero-order valence-electron chi connectivity index (χ0n) is 6.35. The Kier molecular flexibility index (Phi) is 4.12. The van der Waals surface area contributed by atoms with Crippen LogP contribution in [0.2, 0.25) is 0 Å². The second-order valence-corrected chi connectivity index (χ2v) is 4.73. The van der Waals surface area contributed by atoms with Crippen molar-refractivity contribution in [2.75, 3.05) is 4.43 Å². The first-order valence-corrected chi connectivity index (χ1v) is 6.16. The van der Waals surface area contributed by atoms with E-state index in [9.17, 15) is 0 Å². The van der Waals surface area contributed by atoms with E-state index in [-0.39, 0.29) is 0 Å². The second-order valence-electron chi connectivity index (χ2n) is 2.61. The molecule has 0 unspecified atom stereocenters. The van der Waals surface area contributed by atoms with Crippen molar-refractivity contribution in [3.63, 3.8) is 0 Å². The summed E-state index contributed by atoms with van der Waals surface area (Å²) in [5.41, 5.74) is 1.44. The summed E-state index contributed by atoms with van der Waals surface area (Å²) in [4.78, 5) is 0. The largest absolute Gasteiger partial charge is 0.0857 e. The van der Waals surface area contributed by atoms with E-state index in [0.29, 0.717) is 5.92 Å². The summed E-state index contributed by atoms with van der Waals surface area (Å²) in [5.74, 6) is 0.688. The molecule has 0 aliphatic heterocycles. The summed E-state index contributed by atoms with van der Waals surface area (Å²) >= 11 is 4.75. The van der Waals surface area contributed by atoms with E-state index < -0.39 is 0 Å². The monoisotopic (exact) mass is 372 g/mol. The van der Waals surface area contributed by atoms with Gasteiger partial charge in [-0.1, -0.05) is 41.6 Å². The van der Waals surface area contributed by atoms with Gasteiger partial charge in [-0.25, -0.2) is 0 Å². The molecule has 0 aliphatic carbocycles. The highest BCUT2D eigenvalue weighted by Crippen LogP contribution is 2.18. The molecular weight excluding hydrogens is 362 g/mol. The SMILES string of the molecule is C[C@@H](CI)c1ccc(I)cc1. The summed E-state index contributed by atoms with van der Waals surface area (Å²) in [6.07, 6.45) is 0. The molecule has 0 saturated heterocycles. The molecule has 0 bridgehead atoms. The van der Waals surface area contributed by atoms with Crippen molar-refractivity contribution in [3.8, 4) is 0 Å². The van der Waals surface area contributed by atoms with Crippen LogP contribution in [0.5, 0.6) is 0 Å². The highest BCUT2D eigenvalue weighted by Gasteiger charge is 2.01. The normalized spacial score (nSPS) is 13.0. The third kappa shape index (κ3) is 2.89. The van der Waals surface area contributed by atoms with Gasteiger partial charge in [0.2, 0.25) is 0 Å². The predicted molar refractivity (Wildman–Crippen MR) is 66.5 cm³/mol. The Morgan fingerprint density at radius 2 is 1.82 bits per heavy atom. The summed E-state index contributed by atoms with van der Waals surface area (Å²) < 4.78 is 2.50. The van der Waals surface area contributed by atoms with Crippen molar-refractivity contribution in [1.82, 2.24) is 0 Å². The molecule has 1 aromatic rings. The number of hydrogen-bond donors (Lipinski definition) is 0. The van der Waals surface area contributed by atoms with Gasteiger partial charge in [0.05, 0.1) is 0 Å². The van der Waals surface area contributed by atoms with Crippen LogP contribution in [0.3, 0.4) is 0 Å². The van der Waals surface area contributed by atoms with E-state index >= 15 is 0 Å². The van der Waals surface area contributed by atoms with E-state index in [1.54, 1.807) is 0 Å². The highest BCUT2D eigenvalue weighted by atomic mass is 127. The van der Waals surface area contributed by atoms with Crippen LogP contribution >= 0.6 is 45.2 Å². The Bertz CT molecular complexity index is 216. The maximum Gasteiger partial charge on any atom is 0.0130 e. The Labute approximate surface area is 95.0 Å². The van der Waals surface area contributed by atoms with Crippen molar-refractivity contribution in [2.45, 2.75) is 12.8 Å². The molecule has 1 aromatic carbocycles. The first-order valence-electron chi connectivity index (χ1n) is 3.55. The predicted octanol–water partition coefficient (Wildman–Crippen LogP) is 3.83. The third-order valence-electron chi connectivity index (χ3n) is 1.67. The number of halogens is 2. The maximum absolute atomic E-state index is 2.42. The third-order valence-corrected chi connectivity index (χ3v) is 3.71. The minimum Gasteiger partial charge on any atom is -0.0857 e. The van der Waals surface area contributed by atoms with Crippen molar-refractivity contribution in [3.05, 3.63) is 33.4 Å². The van der Waals surface area contributed by atoms with E-state index in [1.165, 1.54) is 13.6 Å². The standard InChI is InChI=1S/C9H10I2/c1-7(6-10)8-2-4-9(11)5-3-8/h2-5,7H,6H2,1H3/t7-/m0/s1. The van der Waals surface area contributed by atoms with Crippen LogP contribution in [0, 0.1) is 3.57 Å². The van der Waals surface area contributed by atoms with E-state index in [2.05, 4.69) is 76.4 Å². The van der Waals surface area contributed by atoms with E-state index in [4.69, 9.17) is 0 Å². The van der Waals surface area contributed by atoms with Gasteiger partial charge in [-0.3, -0.25) is 0 Å². The van der Waals surface area contributed by atoms with E-state index in [0.717, 1.165) is 0 Å². The van der Waals surface area contributed by atoms with Crippen molar-refractivity contribution < 1.29 is 0 Å². The topological polar surface area (TPSA) is 0 Å². The van der Waals surface area contributed by atoms with Gasteiger partial charge in [0.1, 0.15) is 0 Å². The zero-order chi connectivity index (χ0) is 8.27. The molecule has 1 atom stereocenters. The molecule has 0 amide bonds. The maximum atomic E-state index is 2.42. The van der Waals surface area contributed by atoms with Crippen molar-refractivity contribution >= 4 is 45.2 Å². The fourth-order valence-corrected chi connectivity index (χ4v) is 1.75. The average molecular weight is 372 g/mol. The van der Waals surface area contributed by atoms with E-state index in [1.807, 2.05) is 0 Å². The van der Waals surface area contributed by atoms with Crippen LogP contribution in [0.4, 0.5) is 0 Å². The molecule has 0 spiro atoms. The smallest absolute Gasteiger partial charge is 0.0130 e. The first kappa shape index (κ1) is 9.77. The number of benzene rings is 1. The number of rotatable bonds is 2. The zero-order valence-corrected chi connectivity index (χ0v) is 10.7. The van der Waals surface area contributed by atoms with Gasteiger partial charge in [0.15, 0.2) is 0 Å². The number of alkyl halides is 1. The molecular formula is C9H10I2. The fourth-order valence-electron chi connectivity index (χ4n) is 0.880. The highest BCUT2D eigenvalue weighted by molar-refractivity contribution is 14.1. The Balaban J connectivity index is 2.81. The fraction of sp³-hybridized carbons (Fsp3) is 0.333. The summed E-state index contributed by atoms with van der Waals surface area (Å²) in [6.45, 7) is 2.26. The van der Waals surface area contributed by atoms with Gasteiger partial charge in [-0.2, -0.15) is 0 Å². The lowest BCUT2D eigenvalue weighted by molar-refractivity contribution is 0.895. The molecule has 0 heterocycles. The van der Waals surface area contributed by atoms with Gasteiger partial charge < -0.3 is 0 Å². The lowest BCUT2D eigenvalue weighted by Gasteiger charge is -2.06. The first-order chi connectivity index (χ1) is 5.24. The molecule has 0 nitrogen and oxygen atoms in total.